The molecule has 140 valence electrons. The molecule has 9 heteroatoms. The summed E-state index contributed by atoms with van der Waals surface area (Å²) in [5.74, 6) is 1.44. The number of rotatable bonds is 6. The van der Waals surface area contributed by atoms with E-state index >= 15 is 0 Å². The molecule has 0 spiro atoms. The number of hydrogen-bond acceptors (Lipinski definition) is 5. The predicted octanol–water partition coefficient (Wildman–Crippen LogP) is 0.0712. The highest BCUT2D eigenvalue weighted by atomic mass is 32.2. The maximum Gasteiger partial charge on any atom is 0.210 e. The molecule has 0 amide bonds. The third-order valence-corrected chi connectivity index (χ3v) is 4.74. The number of piperazine rings is 1. The second-order valence-electron chi connectivity index (χ2n) is 5.77. The zero-order chi connectivity index (χ0) is 18.3. The molecule has 1 heterocycles. The zero-order valence-electron chi connectivity index (χ0n) is 14.8. The second kappa shape index (κ2) is 8.91. The van der Waals surface area contributed by atoms with E-state index in [1.54, 1.807) is 7.11 Å². The number of guanidine groups is 1. The normalized spacial score (nSPS) is 16.0. The van der Waals surface area contributed by atoms with Crippen LogP contribution in [0.3, 0.4) is 0 Å². The standard InChI is InChI=1S/C16H27N5O3S/c1-3-18-16(19-8-13-25(17,22)23)21-11-9-20(10-12-21)14-4-6-15(24-2)7-5-14/h4-7H,3,8-13H2,1-2H3,(H,18,19)(H2,17,22,23). The highest BCUT2D eigenvalue weighted by molar-refractivity contribution is 7.89. The van der Waals surface area contributed by atoms with Crippen LogP contribution in [0.2, 0.25) is 0 Å². The smallest absolute Gasteiger partial charge is 0.210 e. The molecule has 1 saturated heterocycles. The Morgan fingerprint density at radius 2 is 1.88 bits per heavy atom. The number of primary sulfonamides is 1. The summed E-state index contributed by atoms with van der Waals surface area (Å²) in [4.78, 5) is 8.84. The molecule has 1 aromatic carbocycles. The molecule has 2 rings (SSSR count). The zero-order valence-corrected chi connectivity index (χ0v) is 15.6. The van der Waals surface area contributed by atoms with Gasteiger partial charge in [-0.3, -0.25) is 4.99 Å². The van der Waals surface area contributed by atoms with Crippen LogP contribution >= 0.6 is 0 Å². The van der Waals surface area contributed by atoms with Gasteiger partial charge in [-0.2, -0.15) is 0 Å². The Kier molecular flexibility index (Phi) is 6.89. The lowest BCUT2D eigenvalue weighted by Crippen LogP contribution is -2.52. The Balaban J connectivity index is 1.94. The van der Waals surface area contributed by atoms with Crippen molar-refractivity contribution in [1.29, 1.82) is 0 Å². The maximum atomic E-state index is 11.1. The van der Waals surface area contributed by atoms with Crippen LogP contribution in [0.4, 0.5) is 5.69 Å². The summed E-state index contributed by atoms with van der Waals surface area (Å²) in [5, 5.41) is 8.24. The predicted molar refractivity (Wildman–Crippen MR) is 101 cm³/mol. The minimum atomic E-state index is -3.49. The lowest BCUT2D eigenvalue weighted by atomic mass is 10.2. The lowest BCUT2D eigenvalue weighted by Gasteiger charge is -2.37. The SMILES string of the molecule is CCNC(=NCCS(N)(=O)=O)N1CCN(c2ccc(OC)cc2)CC1. The molecule has 8 nitrogen and oxygen atoms in total. The first kappa shape index (κ1) is 19.3. The van der Waals surface area contributed by atoms with Crippen molar-refractivity contribution in [3.8, 4) is 5.75 Å². The van der Waals surface area contributed by atoms with E-state index in [4.69, 9.17) is 9.88 Å². The van der Waals surface area contributed by atoms with E-state index in [0.717, 1.165) is 50.1 Å². The minimum absolute atomic E-state index is 0.145. The van der Waals surface area contributed by atoms with Gasteiger partial charge in [0.05, 0.1) is 19.4 Å². The minimum Gasteiger partial charge on any atom is -0.497 e. The molecule has 0 aliphatic carbocycles. The monoisotopic (exact) mass is 369 g/mol. The van der Waals surface area contributed by atoms with Crippen molar-refractivity contribution in [2.24, 2.45) is 10.1 Å². The molecule has 0 atom stereocenters. The Morgan fingerprint density at radius 1 is 1.24 bits per heavy atom. The van der Waals surface area contributed by atoms with E-state index in [2.05, 4.69) is 32.2 Å². The van der Waals surface area contributed by atoms with Gasteiger partial charge in [-0.15, -0.1) is 0 Å². The van der Waals surface area contributed by atoms with Crippen molar-refractivity contribution < 1.29 is 13.2 Å². The van der Waals surface area contributed by atoms with Crippen molar-refractivity contribution in [2.75, 3.05) is 57.0 Å². The number of anilines is 1. The lowest BCUT2D eigenvalue weighted by molar-refractivity contribution is 0.372. The second-order valence-corrected chi connectivity index (χ2v) is 7.51. The molecular weight excluding hydrogens is 342 g/mol. The average Bonchev–Trinajstić information content (AvgIpc) is 2.60. The van der Waals surface area contributed by atoms with Crippen LogP contribution in [0.5, 0.6) is 5.75 Å². The fourth-order valence-corrected chi connectivity index (χ4v) is 3.02. The highest BCUT2D eigenvalue weighted by Crippen LogP contribution is 2.20. The summed E-state index contributed by atoms with van der Waals surface area (Å²) in [6.07, 6.45) is 0. The quantitative estimate of drug-likeness (QED) is 0.544. The first-order chi connectivity index (χ1) is 11.9. The summed E-state index contributed by atoms with van der Waals surface area (Å²) in [5.41, 5.74) is 1.16. The van der Waals surface area contributed by atoms with Crippen LogP contribution < -0.4 is 20.1 Å². The van der Waals surface area contributed by atoms with E-state index in [9.17, 15) is 8.42 Å². The number of aliphatic imine (C=N–C) groups is 1. The van der Waals surface area contributed by atoms with Gasteiger partial charge in [0.15, 0.2) is 5.96 Å². The van der Waals surface area contributed by atoms with E-state index in [1.807, 2.05) is 19.1 Å². The van der Waals surface area contributed by atoms with Gasteiger partial charge >= 0.3 is 0 Å². The molecular formula is C16H27N5O3S. The Labute approximate surface area is 149 Å². The Hall–Kier alpha value is -2.00. The molecule has 0 bridgehead atoms. The number of hydrogen-bond donors (Lipinski definition) is 2. The van der Waals surface area contributed by atoms with Crippen molar-refractivity contribution in [3.05, 3.63) is 24.3 Å². The molecule has 0 radical (unpaired) electrons. The van der Waals surface area contributed by atoms with E-state index < -0.39 is 10.0 Å². The molecule has 1 aromatic rings. The van der Waals surface area contributed by atoms with Crippen LogP contribution in [-0.2, 0) is 10.0 Å². The number of nitrogens with two attached hydrogens (primary N) is 1. The summed E-state index contributed by atoms with van der Waals surface area (Å²) in [6, 6.07) is 8.03. The first-order valence-corrected chi connectivity index (χ1v) is 10.1. The summed E-state index contributed by atoms with van der Waals surface area (Å²) < 4.78 is 27.3. The van der Waals surface area contributed by atoms with Gasteiger partial charge in [0, 0.05) is 38.4 Å². The van der Waals surface area contributed by atoms with Crippen LogP contribution in [0.15, 0.2) is 29.3 Å². The number of nitrogens with zero attached hydrogens (tertiary/aromatic N) is 3. The van der Waals surface area contributed by atoms with Gasteiger partial charge in [0.1, 0.15) is 5.75 Å². The highest BCUT2D eigenvalue weighted by Gasteiger charge is 2.20. The van der Waals surface area contributed by atoms with Crippen LogP contribution in [0.25, 0.3) is 0 Å². The van der Waals surface area contributed by atoms with Crippen molar-refractivity contribution in [1.82, 2.24) is 10.2 Å². The van der Waals surface area contributed by atoms with E-state index in [0.29, 0.717) is 0 Å². The molecule has 25 heavy (non-hydrogen) atoms. The average molecular weight is 369 g/mol. The van der Waals surface area contributed by atoms with Crippen molar-refractivity contribution in [3.63, 3.8) is 0 Å². The van der Waals surface area contributed by atoms with Gasteiger partial charge in [0.2, 0.25) is 10.0 Å². The summed E-state index contributed by atoms with van der Waals surface area (Å²) >= 11 is 0. The maximum absolute atomic E-state index is 11.1. The molecule has 0 aromatic heterocycles. The topological polar surface area (TPSA) is 100 Å². The Morgan fingerprint density at radius 3 is 2.40 bits per heavy atom. The van der Waals surface area contributed by atoms with Gasteiger partial charge in [-0.05, 0) is 31.2 Å². The number of sulfonamides is 1. The largest absolute Gasteiger partial charge is 0.497 e. The first-order valence-electron chi connectivity index (χ1n) is 8.35. The molecule has 1 fully saturated rings. The summed E-state index contributed by atoms with van der Waals surface area (Å²) in [6.45, 7) is 6.24. The molecule has 1 aliphatic heterocycles. The fraction of sp³-hybridized carbons (Fsp3) is 0.562. The number of benzene rings is 1. The summed E-state index contributed by atoms with van der Waals surface area (Å²) in [7, 11) is -1.83. The van der Waals surface area contributed by atoms with Gasteiger partial charge in [-0.1, -0.05) is 0 Å². The number of ether oxygens (including phenoxy) is 1. The molecule has 3 N–H and O–H groups in total. The van der Waals surface area contributed by atoms with Gasteiger partial charge < -0.3 is 19.9 Å². The number of methoxy groups -OCH3 is 1. The fourth-order valence-electron chi connectivity index (χ4n) is 2.67. The Bertz CT molecular complexity index is 668. The molecule has 0 saturated carbocycles. The van der Waals surface area contributed by atoms with Crippen LogP contribution in [0, 0.1) is 0 Å². The number of nitrogens with one attached hydrogen (secondary N) is 1. The molecule has 1 aliphatic rings. The van der Waals surface area contributed by atoms with Crippen LogP contribution in [-0.4, -0.2) is 71.4 Å². The van der Waals surface area contributed by atoms with Gasteiger partial charge in [0.25, 0.3) is 0 Å². The third-order valence-electron chi connectivity index (χ3n) is 3.99. The van der Waals surface area contributed by atoms with Crippen molar-refractivity contribution in [2.45, 2.75) is 6.92 Å². The molecule has 0 unspecified atom stereocenters. The van der Waals surface area contributed by atoms with Gasteiger partial charge in [-0.25, -0.2) is 13.6 Å². The van der Waals surface area contributed by atoms with E-state index in [-0.39, 0.29) is 12.3 Å². The van der Waals surface area contributed by atoms with E-state index in [1.165, 1.54) is 0 Å². The van der Waals surface area contributed by atoms with Crippen LogP contribution in [0.1, 0.15) is 6.92 Å². The third kappa shape index (κ3) is 6.09. The van der Waals surface area contributed by atoms with Crippen molar-refractivity contribution >= 4 is 21.7 Å².